The average molecular weight is 248 g/mol. The van der Waals surface area contributed by atoms with E-state index in [1.807, 2.05) is 6.07 Å². The number of nitrogens with zero attached hydrogens (tertiary/aromatic N) is 1. The minimum Gasteiger partial charge on any atom is -0.542 e. The third kappa shape index (κ3) is 3.01. The highest BCUT2D eigenvalue weighted by molar-refractivity contribution is 6.74. The Hall–Kier alpha value is -1.47. The van der Waals surface area contributed by atoms with Crippen LogP contribution in [-0.2, 0) is 0 Å². The molecule has 92 valence electrons. The van der Waals surface area contributed by atoms with E-state index in [1.54, 1.807) is 12.1 Å². The number of hydrogen-bond donors (Lipinski definition) is 1. The second-order valence-corrected chi connectivity index (χ2v) is 8.90. The molecule has 0 aliphatic carbocycles. The minimum atomic E-state index is -1.68. The summed E-state index contributed by atoms with van der Waals surface area (Å²) in [6.45, 7) is 6.54. The van der Waals surface area contributed by atoms with Crippen molar-refractivity contribution in [2.24, 2.45) is 0 Å². The maximum atomic E-state index is 8.79. The number of anilines is 1. The lowest BCUT2D eigenvalue weighted by molar-refractivity contribution is 0.534. The summed E-state index contributed by atoms with van der Waals surface area (Å²) in [4.78, 5) is 0. The Balaban J connectivity index is 2.99. The number of nitriles is 1. The summed E-state index contributed by atoms with van der Waals surface area (Å²) in [5.74, 6) is 0.737. The zero-order chi connectivity index (χ0) is 12.9. The largest absolute Gasteiger partial charge is 0.542 e. The number of nitrogens with two attached hydrogens (primary N) is 1. The van der Waals surface area contributed by atoms with Crippen LogP contribution >= 0.6 is 0 Å². The van der Waals surface area contributed by atoms with Crippen molar-refractivity contribution in [2.75, 3.05) is 5.73 Å². The second kappa shape index (κ2) is 5.74. The summed E-state index contributed by atoms with van der Waals surface area (Å²) >= 11 is 0. The first-order chi connectivity index (χ1) is 8.10. The molecule has 1 rings (SSSR count). The van der Waals surface area contributed by atoms with Crippen molar-refractivity contribution in [2.45, 2.75) is 38.9 Å². The first-order valence-electron chi connectivity index (χ1n) is 6.09. The summed E-state index contributed by atoms with van der Waals surface area (Å²) in [6.07, 6.45) is 0. The molecule has 0 aliphatic rings. The van der Waals surface area contributed by atoms with E-state index in [-0.39, 0.29) is 0 Å². The Bertz CT molecular complexity index is 414. The fourth-order valence-electron chi connectivity index (χ4n) is 1.91. The standard InChI is InChI=1S/C13H20N2OSi/c1-4-17(5-2,6-3)16-13-8-7-11(10-14)9-12(13)15/h7-9H,4-6,15H2,1-3H3. The molecule has 0 heterocycles. The van der Waals surface area contributed by atoms with Crippen LogP contribution < -0.4 is 10.2 Å². The van der Waals surface area contributed by atoms with Gasteiger partial charge in [-0.2, -0.15) is 5.26 Å². The van der Waals surface area contributed by atoms with Gasteiger partial charge >= 0.3 is 0 Å². The SMILES string of the molecule is CC[Si](CC)(CC)Oc1ccc(C#N)cc1N. The van der Waals surface area contributed by atoms with E-state index >= 15 is 0 Å². The van der Waals surface area contributed by atoms with Gasteiger partial charge in [0.05, 0.1) is 17.3 Å². The maximum absolute atomic E-state index is 8.79. The van der Waals surface area contributed by atoms with Gasteiger partial charge in [-0.1, -0.05) is 20.8 Å². The molecule has 17 heavy (non-hydrogen) atoms. The topological polar surface area (TPSA) is 59.0 Å². The summed E-state index contributed by atoms with van der Waals surface area (Å²) in [5, 5.41) is 8.79. The number of hydrogen-bond acceptors (Lipinski definition) is 3. The molecule has 0 aromatic heterocycles. The number of rotatable bonds is 5. The predicted molar refractivity (Wildman–Crippen MR) is 73.4 cm³/mol. The zero-order valence-electron chi connectivity index (χ0n) is 10.8. The van der Waals surface area contributed by atoms with Gasteiger partial charge in [-0.15, -0.1) is 0 Å². The lowest BCUT2D eigenvalue weighted by Crippen LogP contribution is -2.39. The quantitative estimate of drug-likeness (QED) is 0.640. The van der Waals surface area contributed by atoms with Gasteiger partial charge in [-0.05, 0) is 36.3 Å². The lowest BCUT2D eigenvalue weighted by Gasteiger charge is -2.29. The van der Waals surface area contributed by atoms with Crippen molar-refractivity contribution in [1.82, 2.24) is 0 Å². The van der Waals surface area contributed by atoms with Gasteiger partial charge in [0.25, 0.3) is 8.32 Å². The zero-order valence-corrected chi connectivity index (χ0v) is 11.8. The molecule has 0 atom stereocenters. The van der Waals surface area contributed by atoms with Gasteiger partial charge in [0.1, 0.15) is 5.75 Å². The summed E-state index contributed by atoms with van der Waals surface area (Å²) in [5.41, 5.74) is 7.06. The minimum absolute atomic E-state index is 0.566. The third-order valence-corrected chi connectivity index (χ3v) is 7.92. The van der Waals surface area contributed by atoms with Gasteiger partial charge in [0.2, 0.25) is 0 Å². The van der Waals surface area contributed by atoms with Crippen molar-refractivity contribution < 1.29 is 4.43 Å². The van der Waals surface area contributed by atoms with Crippen LogP contribution in [0.3, 0.4) is 0 Å². The van der Waals surface area contributed by atoms with Crippen LogP contribution in [0.5, 0.6) is 5.75 Å². The van der Waals surface area contributed by atoms with Crippen molar-refractivity contribution in [3.63, 3.8) is 0 Å². The van der Waals surface area contributed by atoms with E-state index < -0.39 is 8.32 Å². The molecular formula is C13H20N2OSi. The normalized spacial score (nSPS) is 10.9. The highest BCUT2D eigenvalue weighted by atomic mass is 28.4. The molecule has 0 aliphatic heterocycles. The van der Waals surface area contributed by atoms with Crippen LogP contribution in [0.4, 0.5) is 5.69 Å². The smallest absolute Gasteiger partial charge is 0.250 e. The molecule has 0 fully saturated rings. The molecule has 4 heteroatoms. The van der Waals surface area contributed by atoms with E-state index in [4.69, 9.17) is 15.4 Å². The first kappa shape index (κ1) is 13.6. The van der Waals surface area contributed by atoms with E-state index in [2.05, 4.69) is 26.8 Å². The van der Waals surface area contributed by atoms with Crippen LogP contribution in [0.1, 0.15) is 26.3 Å². The Morgan fingerprint density at radius 3 is 2.24 bits per heavy atom. The maximum Gasteiger partial charge on any atom is 0.250 e. The highest BCUT2D eigenvalue weighted by Crippen LogP contribution is 2.30. The fraction of sp³-hybridized carbons (Fsp3) is 0.462. The number of benzene rings is 1. The molecule has 0 amide bonds. The molecule has 0 bridgehead atoms. The fourth-order valence-corrected chi connectivity index (χ4v) is 4.50. The van der Waals surface area contributed by atoms with Gasteiger partial charge in [-0.25, -0.2) is 0 Å². The van der Waals surface area contributed by atoms with Crippen molar-refractivity contribution in [1.29, 1.82) is 5.26 Å². The number of nitrogen functional groups attached to an aromatic ring is 1. The van der Waals surface area contributed by atoms with Gasteiger partial charge in [0.15, 0.2) is 0 Å². The molecule has 0 unspecified atom stereocenters. The Kier molecular flexibility index (Phi) is 4.59. The summed E-state index contributed by atoms with van der Waals surface area (Å²) in [7, 11) is -1.68. The Labute approximate surface area is 104 Å². The van der Waals surface area contributed by atoms with Crippen molar-refractivity contribution in [3.05, 3.63) is 23.8 Å². The Morgan fingerprint density at radius 1 is 1.24 bits per heavy atom. The van der Waals surface area contributed by atoms with E-state index in [1.165, 1.54) is 0 Å². The van der Waals surface area contributed by atoms with Crippen molar-refractivity contribution >= 4 is 14.0 Å². The first-order valence-corrected chi connectivity index (χ1v) is 8.62. The molecule has 0 radical (unpaired) electrons. The molecule has 0 saturated heterocycles. The molecule has 1 aromatic carbocycles. The average Bonchev–Trinajstić information content (AvgIpc) is 2.38. The van der Waals surface area contributed by atoms with E-state index in [0.29, 0.717) is 11.3 Å². The predicted octanol–water partition coefficient (Wildman–Crippen LogP) is 3.52. The molecule has 0 saturated carbocycles. The second-order valence-electron chi connectivity index (χ2n) is 4.21. The monoisotopic (exact) mass is 248 g/mol. The lowest BCUT2D eigenvalue weighted by atomic mass is 10.2. The summed E-state index contributed by atoms with van der Waals surface area (Å²) < 4.78 is 6.18. The molecule has 2 N–H and O–H groups in total. The van der Waals surface area contributed by atoms with Crippen LogP contribution in [0, 0.1) is 11.3 Å². The van der Waals surface area contributed by atoms with Crippen LogP contribution in [0.15, 0.2) is 18.2 Å². The molecular weight excluding hydrogens is 228 g/mol. The van der Waals surface area contributed by atoms with Gasteiger partial charge in [0, 0.05) is 0 Å². The van der Waals surface area contributed by atoms with Crippen LogP contribution in [-0.4, -0.2) is 8.32 Å². The van der Waals surface area contributed by atoms with Gasteiger partial charge < -0.3 is 10.2 Å². The van der Waals surface area contributed by atoms with Crippen LogP contribution in [0.25, 0.3) is 0 Å². The highest BCUT2D eigenvalue weighted by Gasteiger charge is 2.31. The van der Waals surface area contributed by atoms with Crippen molar-refractivity contribution in [3.8, 4) is 11.8 Å². The molecule has 0 spiro atoms. The summed E-state index contributed by atoms with van der Waals surface area (Å²) in [6, 6.07) is 10.6. The Morgan fingerprint density at radius 2 is 1.82 bits per heavy atom. The molecule has 3 nitrogen and oxygen atoms in total. The van der Waals surface area contributed by atoms with Gasteiger partial charge in [-0.3, -0.25) is 0 Å². The van der Waals surface area contributed by atoms with Crippen LogP contribution in [0.2, 0.25) is 18.1 Å². The van der Waals surface area contributed by atoms with E-state index in [0.717, 1.165) is 23.9 Å². The molecule has 1 aromatic rings. The van der Waals surface area contributed by atoms with E-state index in [9.17, 15) is 0 Å². The third-order valence-electron chi connectivity index (χ3n) is 3.40.